The van der Waals surface area contributed by atoms with E-state index in [0.717, 1.165) is 17.5 Å². The third kappa shape index (κ3) is 5.88. The molecule has 0 aromatic heterocycles. The van der Waals surface area contributed by atoms with E-state index in [0.29, 0.717) is 23.7 Å². The van der Waals surface area contributed by atoms with Gasteiger partial charge in [-0.15, -0.1) is 0 Å². The van der Waals surface area contributed by atoms with Crippen LogP contribution in [0.3, 0.4) is 0 Å². The molecule has 2 aromatic carbocycles. The highest BCUT2D eigenvalue weighted by molar-refractivity contribution is 7.92. The summed E-state index contributed by atoms with van der Waals surface area (Å²) in [7, 11) is -2.17. The lowest BCUT2D eigenvalue weighted by atomic mass is 9.97. The van der Waals surface area contributed by atoms with Crippen LogP contribution in [0.25, 0.3) is 0 Å². The normalized spacial score (nSPS) is 15.3. The molecule has 0 heterocycles. The van der Waals surface area contributed by atoms with Crippen molar-refractivity contribution in [2.24, 2.45) is 5.92 Å². The van der Waals surface area contributed by atoms with Crippen LogP contribution in [0.2, 0.25) is 0 Å². The lowest BCUT2D eigenvalue weighted by Crippen LogP contribution is -2.29. The van der Waals surface area contributed by atoms with E-state index in [1.807, 2.05) is 13.8 Å². The van der Waals surface area contributed by atoms with Crippen LogP contribution in [0.15, 0.2) is 47.4 Å². The highest BCUT2D eigenvalue weighted by Gasteiger charge is 2.23. The maximum absolute atomic E-state index is 13.1. The summed E-state index contributed by atoms with van der Waals surface area (Å²) in [5, 5.41) is 3.02. The number of benzene rings is 2. The van der Waals surface area contributed by atoms with Gasteiger partial charge in [-0.05, 0) is 56.0 Å². The Morgan fingerprint density at radius 3 is 2.29 bits per heavy atom. The van der Waals surface area contributed by atoms with E-state index in [2.05, 4.69) is 5.32 Å². The summed E-state index contributed by atoms with van der Waals surface area (Å²) in [4.78, 5) is 13.0. The highest BCUT2D eigenvalue weighted by Crippen LogP contribution is 2.27. The first-order valence-electron chi connectivity index (χ1n) is 11.2. The van der Waals surface area contributed by atoms with E-state index in [9.17, 15) is 13.2 Å². The molecule has 1 saturated carbocycles. The zero-order valence-corrected chi connectivity index (χ0v) is 19.7. The number of rotatable bonds is 7. The van der Waals surface area contributed by atoms with Gasteiger partial charge in [0, 0.05) is 19.2 Å². The van der Waals surface area contributed by atoms with Crippen LogP contribution < -0.4 is 9.62 Å². The van der Waals surface area contributed by atoms with E-state index in [1.165, 1.54) is 49.9 Å². The van der Waals surface area contributed by atoms with Crippen LogP contribution in [0.5, 0.6) is 0 Å². The van der Waals surface area contributed by atoms with Crippen molar-refractivity contribution in [1.29, 1.82) is 0 Å². The number of carbonyl (C=O) groups excluding carboxylic acids is 1. The number of hydrogen-bond donors (Lipinski definition) is 1. The molecule has 5 nitrogen and oxygen atoms in total. The molecule has 0 unspecified atom stereocenters. The largest absolute Gasteiger partial charge is 0.352 e. The second-order valence-corrected chi connectivity index (χ2v) is 10.7. The van der Waals surface area contributed by atoms with Gasteiger partial charge in [-0.1, -0.05) is 62.3 Å². The molecule has 1 amide bonds. The fraction of sp³-hybridized carbons (Fsp3) is 0.480. The van der Waals surface area contributed by atoms with Crippen molar-refractivity contribution in [2.75, 3.05) is 17.9 Å². The summed E-state index contributed by atoms with van der Waals surface area (Å²) in [5.74, 6) is 0.540. The smallest absolute Gasteiger partial charge is 0.264 e. The van der Waals surface area contributed by atoms with Gasteiger partial charge in [0.25, 0.3) is 15.9 Å². The minimum Gasteiger partial charge on any atom is -0.352 e. The summed E-state index contributed by atoms with van der Waals surface area (Å²) in [6.45, 7) is 4.43. The number of aryl methyl sites for hydroxylation is 2. The van der Waals surface area contributed by atoms with E-state index in [4.69, 9.17) is 0 Å². The van der Waals surface area contributed by atoms with Crippen LogP contribution in [-0.2, 0) is 10.0 Å². The Kier molecular flexibility index (Phi) is 7.76. The van der Waals surface area contributed by atoms with Gasteiger partial charge in [-0.3, -0.25) is 9.10 Å². The molecule has 0 radical (unpaired) electrons. The molecule has 0 spiro atoms. The predicted octanol–water partition coefficient (Wildman–Crippen LogP) is 5.22. The maximum Gasteiger partial charge on any atom is 0.264 e. The average Bonchev–Trinajstić information content (AvgIpc) is 3.02. The molecule has 0 bridgehead atoms. The topological polar surface area (TPSA) is 66.5 Å². The van der Waals surface area contributed by atoms with E-state index in [1.54, 1.807) is 42.5 Å². The highest BCUT2D eigenvalue weighted by atomic mass is 32.2. The third-order valence-corrected chi connectivity index (χ3v) is 8.09. The zero-order valence-electron chi connectivity index (χ0n) is 18.9. The molecule has 2 aromatic rings. The SMILES string of the molecule is Cc1ccc(S(=O)(=O)N(C)c2cc(C(=O)NCCC3CCCCCC3)ccc2C)cc1. The monoisotopic (exact) mass is 442 g/mol. The van der Waals surface area contributed by atoms with Gasteiger partial charge < -0.3 is 5.32 Å². The molecule has 1 fully saturated rings. The second kappa shape index (κ2) is 10.3. The van der Waals surface area contributed by atoms with Crippen LogP contribution >= 0.6 is 0 Å². The van der Waals surface area contributed by atoms with Crippen LogP contribution in [0.1, 0.15) is 66.4 Å². The number of nitrogens with zero attached hydrogens (tertiary/aromatic N) is 1. The van der Waals surface area contributed by atoms with Crippen molar-refractivity contribution >= 4 is 21.6 Å². The predicted molar refractivity (Wildman–Crippen MR) is 126 cm³/mol. The van der Waals surface area contributed by atoms with Gasteiger partial charge in [0.05, 0.1) is 10.6 Å². The molecule has 31 heavy (non-hydrogen) atoms. The molecule has 1 aliphatic rings. The number of amides is 1. The van der Waals surface area contributed by atoms with Crippen LogP contribution in [0, 0.1) is 19.8 Å². The third-order valence-electron chi connectivity index (χ3n) is 6.30. The minimum atomic E-state index is -3.71. The van der Waals surface area contributed by atoms with Gasteiger partial charge in [0.1, 0.15) is 0 Å². The lowest BCUT2D eigenvalue weighted by molar-refractivity contribution is 0.0951. The van der Waals surface area contributed by atoms with E-state index in [-0.39, 0.29) is 10.8 Å². The van der Waals surface area contributed by atoms with Gasteiger partial charge in [0.2, 0.25) is 0 Å². The standard InChI is InChI=1S/C25H34N2O3S/c1-19-10-14-23(15-11-19)31(29,30)27(3)24-18-22(13-12-20(24)2)25(28)26-17-16-21-8-6-4-5-7-9-21/h10-15,18,21H,4-9,16-17H2,1-3H3,(H,26,28). The van der Waals surface area contributed by atoms with Gasteiger partial charge in [-0.25, -0.2) is 8.42 Å². The van der Waals surface area contributed by atoms with Crippen molar-refractivity contribution in [1.82, 2.24) is 5.32 Å². The Balaban J connectivity index is 1.70. The Morgan fingerprint density at radius 2 is 1.65 bits per heavy atom. The van der Waals surface area contributed by atoms with E-state index >= 15 is 0 Å². The molecule has 1 N–H and O–H groups in total. The first kappa shape index (κ1) is 23.3. The zero-order chi connectivity index (χ0) is 22.4. The molecule has 168 valence electrons. The first-order valence-corrected chi connectivity index (χ1v) is 12.7. The second-order valence-electron chi connectivity index (χ2n) is 8.69. The Hall–Kier alpha value is -2.34. The molecule has 6 heteroatoms. The number of hydrogen-bond acceptors (Lipinski definition) is 3. The summed E-state index contributed by atoms with van der Waals surface area (Å²) < 4.78 is 27.4. The van der Waals surface area contributed by atoms with Gasteiger partial charge in [0.15, 0.2) is 0 Å². The molecule has 3 rings (SSSR count). The summed E-state index contributed by atoms with van der Waals surface area (Å²) in [5.41, 5.74) is 2.79. The maximum atomic E-state index is 13.1. The van der Waals surface area contributed by atoms with Crippen molar-refractivity contribution in [3.63, 3.8) is 0 Å². The molecule has 0 saturated heterocycles. The minimum absolute atomic E-state index is 0.156. The van der Waals surface area contributed by atoms with Crippen molar-refractivity contribution in [2.45, 2.75) is 63.7 Å². The number of nitrogens with one attached hydrogen (secondary N) is 1. The fourth-order valence-corrected chi connectivity index (χ4v) is 5.48. The summed E-state index contributed by atoms with van der Waals surface area (Å²) >= 11 is 0. The van der Waals surface area contributed by atoms with Crippen molar-refractivity contribution in [3.05, 3.63) is 59.2 Å². The lowest BCUT2D eigenvalue weighted by Gasteiger charge is -2.22. The van der Waals surface area contributed by atoms with Crippen LogP contribution in [0.4, 0.5) is 5.69 Å². The van der Waals surface area contributed by atoms with Crippen molar-refractivity contribution in [3.8, 4) is 0 Å². The van der Waals surface area contributed by atoms with Gasteiger partial charge >= 0.3 is 0 Å². The average molecular weight is 443 g/mol. The van der Waals surface area contributed by atoms with Crippen molar-refractivity contribution < 1.29 is 13.2 Å². The fourth-order valence-electron chi connectivity index (χ4n) is 4.23. The number of sulfonamides is 1. The Bertz CT molecular complexity index is 992. The van der Waals surface area contributed by atoms with Gasteiger partial charge in [-0.2, -0.15) is 0 Å². The molecular formula is C25H34N2O3S. The summed E-state index contributed by atoms with van der Waals surface area (Å²) in [6, 6.07) is 12.0. The molecule has 1 aliphatic carbocycles. The Morgan fingerprint density at radius 1 is 1.00 bits per heavy atom. The molecule has 0 atom stereocenters. The van der Waals surface area contributed by atoms with Crippen LogP contribution in [-0.4, -0.2) is 27.9 Å². The van der Waals surface area contributed by atoms with E-state index < -0.39 is 10.0 Å². The summed E-state index contributed by atoms with van der Waals surface area (Å²) in [6.07, 6.45) is 8.76. The first-order chi connectivity index (χ1) is 14.8. The number of anilines is 1. The molecular weight excluding hydrogens is 408 g/mol. The quantitative estimate of drug-likeness (QED) is 0.598. The number of carbonyl (C=O) groups is 1. The molecule has 0 aliphatic heterocycles. The Labute approximate surface area is 186 Å².